The largest absolute Gasteiger partial charge is 0.493 e. The minimum Gasteiger partial charge on any atom is -0.493 e. The van der Waals surface area contributed by atoms with Crippen molar-refractivity contribution in [3.05, 3.63) is 41.7 Å². The highest BCUT2D eigenvalue weighted by Gasteiger charge is 2.30. The van der Waals surface area contributed by atoms with Gasteiger partial charge < -0.3 is 14.4 Å². The molecule has 6 nitrogen and oxygen atoms in total. The van der Waals surface area contributed by atoms with E-state index in [0.717, 1.165) is 31.5 Å². The molecule has 0 bridgehead atoms. The summed E-state index contributed by atoms with van der Waals surface area (Å²) in [7, 11) is 5.08. The molecule has 6 heteroatoms. The maximum absolute atomic E-state index is 13.1. The second-order valence-corrected chi connectivity index (χ2v) is 5.96. The quantitative estimate of drug-likeness (QED) is 0.865. The number of amides is 1. The predicted octanol–water partition coefficient (Wildman–Crippen LogP) is 2.80. The molecule has 3 rings (SSSR count). The number of nitrogens with zero attached hydrogens (tertiary/aromatic N) is 3. The Bertz CT molecular complexity index is 726. The van der Waals surface area contributed by atoms with Gasteiger partial charge in [-0.2, -0.15) is 5.10 Å². The average molecular weight is 329 g/mol. The van der Waals surface area contributed by atoms with Crippen molar-refractivity contribution in [2.75, 3.05) is 20.8 Å². The SMILES string of the molecule is COc1ccc(C(=O)N2CCCCC2c2ccnn2C)cc1OC. The van der Waals surface area contributed by atoms with Gasteiger partial charge in [0.05, 0.1) is 26.0 Å². The molecule has 1 aliphatic rings. The van der Waals surface area contributed by atoms with Crippen LogP contribution in [-0.2, 0) is 7.05 Å². The van der Waals surface area contributed by atoms with Gasteiger partial charge in [-0.25, -0.2) is 0 Å². The first kappa shape index (κ1) is 16.4. The fraction of sp³-hybridized carbons (Fsp3) is 0.444. The molecular formula is C18H23N3O3. The van der Waals surface area contributed by atoms with E-state index < -0.39 is 0 Å². The van der Waals surface area contributed by atoms with E-state index in [0.29, 0.717) is 17.1 Å². The van der Waals surface area contributed by atoms with Crippen molar-refractivity contribution in [3.8, 4) is 11.5 Å². The number of carbonyl (C=O) groups is 1. The number of likely N-dealkylation sites (tertiary alicyclic amines) is 1. The molecule has 24 heavy (non-hydrogen) atoms. The zero-order chi connectivity index (χ0) is 17.1. The predicted molar refractivity (Wildman–Crippen MR) is 90.4 cm³/mol. The Labute approximate surface area is 142 Å². The number of aryl methyl sites for hydroxylation is 1. The molecule has 1 aromatic heterocycles. The molecule has 1 aliphatic heterocycles. The first-order chi connectivity index (χ1) is 11.7. The van der Waals surface area contributed by atoms with Gasteiger partial charge in [-0.3, -0.25) is 9.48 Å². The molecule has 2 heterocycles. The van der Waals surface area contributed by atoms with Crippen LogP contribution in [0.4, 0.5) is 0 Å². The van der Waals surface area contributed by atoms with Gasteiger partial charge in [0.1, 0.15) is 0 Å². The number of piperidine rings is 1. The van der Waals surface area contributed by atoms with E-state index in [1.807, 2.05) is 22.7 Å². The number of hydrogen-bond donors (Lipinski definition) is 0. The van der Waals surface area contributed by atoms with E-state index in [1.165, 1.54) is 0 Å². The summed E-state index contributed by atoms with van der Waals surface area (Å²) in [5, 5.41) is 4.25. The van der Waals surface area contributed by atoms with Gasteiger partial charge in [0.15, 0.2) is 11.5 Å². The number of rotatable bonds is 4. The molecule has 1 saturated heterocycles. The Hall–Kier alpha value is -2.50. The van der Waals surface area contributed by atoms with Crippen LogP contribution in [0.25, 0.3) is 0 Å². The molecule has 0 aliphatic carbocycles. The molecule has 0 spiro atoms. The minimum absolute atomic E-state index is 0.0156. The van der Waals surface area contributed by atoms with E-state index in [1.54, 1.807) is 38.6 Å². The molecule has 0 N–H and O–H groups in total. The summed E-state index contributed by atoms with van der Waals surface area (Å²) >= 11 is 0. The molecule has 128 valence electrons. The molecule has 1 atom stereocenters. The third-order valence-electron chi connectivity index (χ3n) is 4.59. The highest BCUT2D eigenvalue weighted by Crippen LogP contribution is 2.33. The lowest BCUT2D eigenvalue weighted by molar-refractivity contribution is 0.0601. The monoisotopic (exact) mass is 329 g/mol. The molecule has 1 fully saturated rings. The van der Waals surface area contributed by atoms with Crippen LogP contribution in [0.3, 0.4) is 0 Å². The van der Waals surface area contributed by atoms with Crippen LogP contribution in [0.2, 0.25) is 0 Å². The van der Waals surface area contributed by atoms with Gasteiger partial charge in [0, 0.05) is 25.4 Å². The Morgan fingerprint density at radius 1 is 1.17 bits per heavy atom. The number of benzene rings is 1. The minimum atomic E-state index is 0.0156. The number of methoxy groups -OCH3 is 2. The van der Waals surface area contributed by atoms with Crippen molar-refractivity contribution < 1.29 is 14.3 Å². The summed E-state index contributed by atoms with van der Waals surface area (Å²) in [4.78, 5) is 15.0. The Balaban J connectivity index is 1.91. The molecule has 1 unspecified atom stereocenters. The Morgan fingerprint density at radius 2 is 1.96 bits per heavy atom. The summed E-state index contributed by atoms with van der Waals surface area (Å²) in [5.74, 6) is 1.20. The summed E-state index contributed by atoms with van der Waals surface area (Å²) in [6.07, 6.45) is 4.88. The second-order valence-electron chi connectivity index (χ2n) is 5.96. The number of carbonyl (C=O) groups excluding carboxylic acids is 1. The summed E-state index contributed by atoms with van der Waals surface area (Å²) in [5.41, 5.74) is 1.69. The van der Waals surface area contributed by atoms with Crippen LogP contribution in [0.5, 0.6) is 11.5 Å². The highest BCUT2D eigenvalue weighted by atomic mass is 16.5. The van der Waals surface area contributed by atoms with Crippen LogP contribution in [0.15, 0.2) is 30.5 Å². The van der Waals surface area contributed by atoms with Gasteiger partial charge >= 0.3 is 0 Å². The summed E-state index contributed by atoms with van der Waals surface area (Å²) in [6.45, 7) is 0.753. The van der Waals surface area contributed by atoms with Crippen LogP contribution in [0, 0.1) is 0 Å². The molecule has 1 amide bonds. The third kappa shape index (κ3) is 2.96. The maximum Gasteiger partial charge on any atom is 0.254 e. The van der Waals surface area contributed by atoms with Gasteiger partial charge in [0.25, 0.3) is 5.91 Å². The number of aromatic nitrogens is 2. The zero-order valence-corrected chi connectivity index (χ0v) is 14.4. The maximum atomic E-state index is 13.1. The Kier molecular flexibility index (Phi) is 4.74. The lowest BCUT2D eigenvalue weighted by Crippen LogP contribution is -2.39. The molecule has 2 aromatic rings. The number of hydrogen-bond acceptors (Lipinski definition) is 4. The Morgan fingerprint density at radius 3 is 2.62 bits per heavy atom. The second kappa shape index (κ2) is 6.95. The van der Waals surface area contributed by atoms with E-state index in [2.05, 4.69) is 5.10 Å². The van der Waals surface area contributed by atoms with E-state index in [4.69, 9.17) is 9.47 Å². The van der Waals surface area contributed by atoms with Gasteiger partial charge in [0.2, 0.25) is 0 Å². The van der Waals surface area contributed by atoms with Crippen molar-refractivity contribution >= 4 is 5.91 Å². The number of ether oxygens (including phenoxy) is 2. The lowest BCUT2D eigenvalue weighted by atomic mass is 9.98. The topological polar surface area (TPSA) is 56.6 Å². The van der Waals surface area contributed by atoms with E-state index >= 15 is 0 Å². The van der Waals surface area contributed by atoms with Crippen molar-refractivity contribution in [3.63, 3.8) is 0 Å². The summed E-state index contributed by atoms with van der Waals surface area (Å²) < 4.78 is 12.4. The van der Waals surface area contributed by atoms with Crippen LogP contribution >= 0.6 is 0 Å². The first-order valence-electron chi connectivity index (χ1n) is 8.16. The molecular weight excluding hydrogens is 306 g/mol. The van der Waals surface area contributed by atoms with Crippen molar-refractivity contribution in [1.29, 1.82) is 0 Å². The van der Waals surface area contributed by atoms with E-state index in [-0.39, 0.29) is 11.9 Å². The summed E-state index contributed by atoms with van der Waals surface area (Å²) in [6, 6.07) is 7.36. The first-order valence-corrected chi connectivity index (χ1v) is 8.16. The van der Waals surface area contributed by atoms with Crippen molar-refractivity contribution in [2.24, 2.45) is 7.05 Å². The molecule has 0 radical (unpaired) electrons. The standard InChI is InChI=1S/C18H23N3O3/c1-20-14(9-10-19-20)15-6-4-5-11-21(15)18(22)13-7-8-16(23-2)17(12-13)24-3/h7-10,12,15H,4-6,11H2,1-3H3. The molecule has 1 aromatic carbocycles. The fourth-order valence-corrected chi connectivity index (χ4v) is 3.33. The van der Waals surface area contributed by atoms with Crippen LogP contribution < -0.4 is 9.47 Å². The average Bonchev–Trinajstić information content (AvgIpc) is 3.06. The highest BCUT2D eigenvalue weighted by molar-refractivity contribution is 5.95. The van der Waals surface area contributed by atoms with Crippen molar-refractivity contribution in [1.82, 2.24) is 14.7 Å². The van der Waals surface area contributed by atoms with E-state index in [9.17, 15) is 4.79 Å². The van der Waals surface area contributed by atoms with Crippen molar-refractivity contribution in [2.45, 2.75) is 25.3 Å². The zero-order valence-electron chi connectivity index (χ0n) is 14.4. The fourth-order valence-electron chi connectivity index (χ4n) is 3.33. The van der Waals surface area contributed by atoms with Gasteiger partial charge in [-0.15, -0.1) is 0 Å². The molecule has 0 saturated carbocycles. The lowest BCUT2D eigenvalue weighted by Gasteiger charge is -2.36. The van der Waals surface area contributed by atoms with Crippen LogP contribution in [0.1, 0.15) is 41.4 Å². The third-order valence-corrected chi connectivity index (χ3v) is 4.59. The van der Waals surface area contributed by atoms with Gasteiger partial charge in [-0.1, -0.05) is 0 Å². The smallest absolute Gasteiger partial charge is 0.254 e. The van der Waals surface area contributed by atoms with Crippen LogP contribution in [-0.4, -0.2) is 41.4 Å². The van der Waals surface area contributed by atoms with Gasteiger partial charge in [-0.05, 0) is 43.5 Å². The normalized spacial score (nSPS) is 17.6.